The maximum absolute atomic E-state index is 5.04. The molecule has 2 aromatic heterocycles. The van der Waals surface area contributed by atoms with E-state index in [-0.39, 0.29) is 5.54 Å². The first-order chi connectivity index (χ1) is 27.1. The molecule has 5 nitrogen and oxygen atoms in total. The van der Waals surface area contributed by atoms with Crippen LogP contribution in [0.5, 0.6) is 0 Å². The number of benzene rings is 6. The number of nitrogens with zero attached hydrogens (tertiary/aromatic N) is 5. The van der Waals surface area contributed by atoms with Gasteiger partial charge in [-0.25, -0.2) is 4.98 Å². The van der Waals surface area contributed by atoms with Crippen molar-refractivity contribution in [1.29, 1.82) is 0 Å². The Kier molecular flexibility index (Phi) is 8.69. The molecular weight excluding hydrogens is 683 g/mol. The first kappa shape index (κ1) is 35.4. The largest absolute Gasteiger partial charge is 0.347 e. The summed E-state index contributed by atoms with van der Waals surface area (Å²) >= 11 is 0. The van der Waals surface area contributed by atoms with E-state index in [1.165, 1.54) is 55.7 Å². The molecule has 0 aliphatic carbocycles. The van der Waals surface area contributed by atoms with Crippen LogP contribution >= 0.6 is 0 Å². The summed E-state index contributed by atoms with van der Waals surface area (Å²) in [6, 6.07) is 53.2. The van der Waals surface area contributed by atoms with Crippen molar-refractivity contribution in [2.45, 2.75) is 59.9 Å². The monoisotopic (exact) mass is 731 g/mol. The Morgan fingerprint density at radius 2 is 1.30 bits per heavy atom. The van der Waals surface area contributed by atoms with E-state index in [2.05, 4.69) is 213 Å². The highest BCUT2D eigenvalue weighted by atomic mass is 15.4. The molecule has 278 valence electrons. The summed E-state index contributed by atoms with van der Waals surface area (Å²) in [5.41, 5.74) is 15.5. The second-order valence-electron chi connectivity index (χ2n) is 16.5. The Labute approximate surface area is 331 Å². The van der Waals surface area contributed by atoms with Crippen molar-refractivity contribution in [3.8, 4) is 16.9 Å². The summed E-state index contributed by atoms with van der Waals surface area (Å²) in [6.07, 6.45) is 1.96. The molecular formula is C51H49N5. The SMILES string of the molecule is Cc1cccc(C)c1N(c1cccc(N2CN(C(C)(C)C)c3ccccc32)c1)c1ccc2c3ccccc3n(-c3cc(-c4ccccc4C(C)C)ccn3)c2c1. The van der Waals surface area contributed by atoms with Crippen LogP contribution in [0.15, 0.2) is 152 Å². The lowest BCUT2D eigenvalue weighted by molar-refractivity contribution is 0.518. The highest BCUT2D eigenvalue weighted by Gasteiger charge is 2.33. The average Bonchev–Trinajstić information content (AvgIpc) is 3.76. The summed E-state index contributed by atoms with van der Waals surface area (Å²) in [6.45, 7) is 16.6. The first-order valence-electron chi connectivity index (χ1n) is 19.8. The predicted octanol–water partition coefficient (Wildman–Crippen LogP) is 13.8. The van der Waals surface area contributed by atoms with E-state index in [9.17, 15) is 0 Å². The molecule has 5 heteroatoms. The van der Waals surface area contributed by atoms with Gasteiger partial charge in [0.1, 0.15) is 5.82 Å². The van der Waals surface area contributed by atoms with Crippen molar-refractivity contribution in [3.05, 3.63) is 168 Å². The van der Waals surface area contributed by atoms with Crippen LogP contribution in [0.25, 0.3) is 38.8 Å². The molecule has 0 N–H and O–H groups in total. The van der Waals surface area contributed by atoms with Gasteiger partial charge in [0.25, 0.3) is 0 Å². The second kappa shape index (κ2) is 13.8. The molecule has 1 aliphatic rings. The molecule has 0 spiro atoms. The predicted molar refractivity (Wildman–Crippen MR) is 238 cm³/mol. The highest BCUT2D eigenvalue weighted by molar-refractivity contribution is 6.10. The van der Waals surface area contributed by atoms with Gasteiger partial charge in [0.05, 0.1) is 34.8 Å². The van der Waals surface area contributed by atoms with Crippen LogP contribution in [0, 0.1) is 13.8 Å². The van der Waals surface area contributed by atoms with Gasteiger partial charge in [0, 0.05) is 39.6 Å². The minimum absolute atomic E-state index is 0.0210. The van der Waals surface area contributed by atoms with E-state index < -0.39 is 0 Å². The van der Waals surface area contributed by atoms with Crippen molar-refractivity contribution >= 4 is 55.9 Å². The molecule has 9 rings (SSSR count). The molecule has 0 unspecified atom stereocenters. The van der Waals surface area contributed by atoms with Gasteiger partial charge in [0.2, 0.25) is 0 Å². The highest BCUT2D eigenvalue weighted by Crippen LogP contribution is 2.47. The summed E-state index contributed by atoms with van der Waals surface area (Å²) < 4.78 is 2.34. The zero-order valence-electron chi connectivity index (χ0n) is 33.5. The lowest BCUT2D eigenvalue weighted by Crippen LogP contribution is -2.42. The van der Waals surface area contributed by atoms with Crippen LogP contribution in [0.3, 0.4) is 0 Å². The molecule has 0 radical (unpaired) electrons. The van der Waals surface area contributed by atoms with Gasteiger partial charge in [-0.15, -0.1) is 0 Å². The fraction of sp³-hybridized carbons (Fsp3) is 0.196. The lowest BCUT2D eigenvalue weighted by Gasteiger charge is -2.34. The molecule has 6 aromatic carbocycles. The Morgan fingerprint density at radius 3 is 2.09 bits per heavy atom. The summed E-state index contributed by atoms with van der Waals surface area (Å²) in [7, 11) is 0. The maximum atomic E-state index is 5.04. The van der Waals surface area contributed by atoms with Gasteiger partial charge in [-0.3, -0.25) is 4.57 Å². The maximum Gasteiger partial charge on any atom is 0.138 e. The third-order valence-electron chi connectivity index (χ3n) is 11.4. The molecule has 8 aromatic rings. The smallest absolute Gasteiger partial charge is 0.138 e. The number of para-hydroxylation sites is 4. The van der Waals surface area contributed by atoms with Gasteiger partial charge in [-0.2, -0.15) is 0 Å². The van der Waals surface area contributed by atoms with Crippen molar-refractivity contribution in [1.82, 2.24) is 9.55 Å². The third-order valence-corrected chi connectivity index (χ3v) is 11.4. The molecule has 0 fully saturated rings. The normalized spacial score (nSPS) is 12.9. The van der Waals surface area contributed by atoms with Crippen LogP contribution < -0.4 is 14.7 Å². The minimum atomic E-state index is -0.0210. The molecule has 0 atom stereocenters. The molecule has 0 amide bonds. The number of hydrogen-bond acceptors (Lipinski definition) is 4. The second-order valence-corrected chi connectivity index (χ2v) is 16.5. The molecule has 0 saturated heterocycles. The number of rotatable bonds is 7. The van der Waals surface area contributed by atoms with Crippen LogP contribution in [0.4, 0.5) is 34.1 Å². The quantitative estimate of drug-likeness (QED) is 0.163. The van der Waals surface area contributed by atoms with Gasteiger partial charge in [0.15, 0.2) is 0 Å². The average molecular weight is 732 g/mol. The number of aryl methyl sites for hydroxylation is 2. The van der Waals surface area contributed by atoms with E-state index >= 15 is 0 Å². The molecule has 56 heavy (non-hydrogen) atoms. The van der Waals surface area contributed by atoms with Crippen molar-refractivity contribution in [2.24, 2.45) is 0 Å². The summed E-state index contributed by atoms with van der Waals surface area (Å²) in [5.74, 6) is 1.31. The van der Waals surface area contributed by atoms with E-state index in [4.69, 9.17) is 4.98 Å². The van der Waals surface area contributed by atoms with Gasteiger partial charge >= 0.3 is 0 Å². The third kappa shape index (κ3) is 5.99. The standard InChI is InChI=1S/C51H49N5/c1-34(2)41-20-8-9-21-42(41)37-28-29-52-49(30-37)56-45-23-11-10-22-43(45)44-27-26-40(32-48(44)56)55(50-35(3)16-14-17-36(50)4)39-19-15-18-38(31-39)53-33-54(51(5,6)7)47-25-13-12-24-46(47)53/h8-32,34H,33H2,1-7H3. The number of hydrogen-bond donors (Lipinski definition) is 0. The fourth-order valence-corrected chi connectivity index (χ4v) is 8.69. The van der Waals surface area contributed by atoms with Crippen LogP contribution in [0.1, 0.15) is 57.2 Å². The minimum Gasteiger partial charge on any atom is -0.347 e. The lowest BCUT2D eigenvalue weighted by atomic mass is 9.93. The topological polar surface area (TPSA) is 27.5 Å². The number of anilines is 6. The van der Waals surface area contributed by atoms with Gasteiger partial charge in [-0.05, 0) is 129 Å². The number of fused-ring (bicyclic) bond motifs is 4. The number of pyridine rings is 1. The van der Waals surface area contributed by atoms with Gasteiger partial charge < -0.3 is 14.7 Å². The Hall–Kier alpha value is -6.33. The first-order valence-corrected chi connectivity index (χ1v) is 19.8. The Balaban J connectivity index is 1.23. The zero-order chi connectivity index (χ0) is 38.7. The van der Waals surface area contributed by atoms with Crippen molar-refractivity contribution in [2.75, 3.05) is 21.4 Å². The van der Waals surface area contributed by atoms with Crippen molar-refractivity contribution in [3.63, 3.8) is 0 Å². The van der Waals surface area contributed by atoms with Gasteiger partial charge in [-0.1, -0.05) is 98.8 Å². The van der Waals surface area contributed by atoms with Crippen LogP contribution in [-0.4, -0.2) is 21.8 Å². The van der Waals surface area contributed by atoms with E-state index in [0.717, 1.165) is 40.6 Å². The molecule has 0 bridgehead atoms. The number of aromatic nitrogens is 2. The molecule has 3 heterocycles. The molecule has 1 aliphatic heterocycles. The molecule has 0 saturated carbocycles. The van der Waals surface area contributed by atoms with Crippen LogP contribution in [-0.2, 0) is 0 Å². The Morgan fingerprint density at radius 1 is 0.625 bits per heavy atom. The Bertz CT molecular complexity index is 2730. The van der Waals surface area contributed by atoms with E-state index in [1.54, 1.807) is 0 Å². The van der Waals surface area contributed by atoms with Crippen LogP contribution in [0.2, 0.25) is 0 Å². The fourth-order valence-electron chi connectivity index (χ4n) is 8.69. The summed E-state index contributed by atoms with van der Waals surface area (Å²) in [5, 5.41) is 2.41. The van der Waals surface area contributed by atoms with E-state index in [0.29, 0.717) is 5.92 Å². The van der Waals surface area contributed by atoms with E-state index in [1.807, 2.05) is 6.20 Å². The van der Waals surface area contributed by atoms with Crippen molar-refractivity contribution < 1.29 is 0 Å². The zero-order valence-corrected chi connectivity index (χ0v) is 33.5. The summed E-state index contributed by atoms with van der Waals surface area (Å²) in [4.78, 5) is 12.4.